The van der Waals surface area contributed by atoms with Crippen LogP contribution in [0.15, 0.2) is 48.7 Å². The number of halogens is 1. The van der Waals surface area contributed by atoms with Crippen molar-refractivity contribution in [2.75, 3.05) is 0 Å². The van der Waals surface area contributed by atoms with Gasteiger partial charge in [0, 0.05) is 0 Å². The molecular formula is C15H12FN3O. The number of benzene rings is 2. The summed E-state index contributed by atoms with van der Waals surface area (Å²) in [6.45, 7) is 1.74. The minimum Gasteiger partial charge on any atom is -0.436 e. The Labute approximate surface area is 115 Å². The predicted molar refractivity (Wildman–Crippen MR) is 73.0 cm³/mol. The third-order valence-corrected chi connectivity index (χ3v) is 2.95. The predicted octanol–water partition coefficient (Wildman–Crippen LogP) is 3.71. The van der Waals surface area contributed by atoms with Gasteiger partial charge in [-0.2, -0.15) is 10.3 Å². The van der Waals surface area contributed by atoms with E-state index < -0.39 is 0 Å². The maximum atomic E-state index is 13.6. The largest absolute Gasteiger partial charge is 0.436 e. The van der Waals surface area contributed by atoms with Crippen LogP contribution in [0.25, 0.3) is 11.1 Å². The van der Waals surface area contributed by atoms with E-state index in [0.29, 0.717) is 17.2 Å². The summed E-state index contributed by atoms with van der Waals surface area (Å²) in [6.07, 6.45) is 1.48. The number of ether oxygens (including phenoxy) is 1. The fraction of sp³-hybridized carbons (Fsp3) is 0.0667. The smallest absolute Gasteiger partial charge is 0.258 e. The molecule has 100 valence electrons. The van der Waals surface area contributed by atoms with Crippen molar-refractivity contribution in [1.29, 1.82) is 0 Å². The molecule has 0 atom stereocenters. The van der Waals surface area contributed by atoms with Crippen LogP contribution in [-0.2, 0) is 0 Å². The highest BCUT2D eigenvalue weighted by atomic mass is 19.1. The van der Waals surface area contributed by atoms with Gasteiger partial charge in [-0.15, -0.1) is 5.10 Å². The molecule has 3 aromatic rings. The van der Waals surface area contributed by atoms with Crippen LogP contribution >= 0.6 is 0 Å². The van der Waals surface area contributed by atoms with Gasteiger partial charge in [-0.3, -0.25) is 0 Å². The molecule has 2 aromatic carbocycles. The molecular weight excluding hydrogens is 257 g/mol. The molecule has 0 saturated heterocycles. The molecule has 4 nitrogen and oxygen atoms in total. The summed E-state index contributed by atoms with van der Waals surface area (Å²) >= 11 is 0. The number of aryl methyl sites for hydroxylation is 1. The molecule has 0 radical (unpaired) electrons. The molecule has 0 bridgehead atoms. The summed E-state index contributed by atoms with van der Waals surface area (Å²) in [6, 6.07) is 12.6. The lowest BCUT2D eigenvalue weighted by molar-refractivity contribution is 0.462. The summed E-state index contributed by atoms with van der Waals surface area (Å²) in [4.78, 5) is 0. The molecule has 0 spiro atoms. The number of rotatable bonds is 3. The van der Waals surface area contributed by atoms with Gasteiger partial charge >= 0.3 is 0 Å². The Bertz CT molecular complexity index is 726. The first kappa shape index (κ1) is 12.3. The number of nitrogens with zero attached hydrogens (tertiary/aromatic N) is 2. The Kier molecular flexibility index (Phi) is 3.16. The van der Waals surface area contributed by atoms with Crippen LogP contribution in [0.5, 0.6) is 11.6 Å². The highest BCUT2D eigenvalue weighted by molar-refractivity contribution is 5.65. The molecule has 0 amide bonds. The van der Waals surface area contributed by atoms with Crippen LogP contribution in [0.3, 0.4) is 0 Å². The van der Waals surface area contributed by atoms with Gasteiger partial charge < -0.3 is 4.74 Å². The lowest BCUT2D eigenvalue weighted by Crippen LogP contribution is -1.87. The zero-order chi connectivity index (χ0) is 13.9. The number of hydrogen-bond acceptors (Lipinski definition) is 3. The highest BCUT2D eigenvalue weighted by Crippen LogP contribution is 2.27. The summed E-state index contributed by atoms with van der Waals surface area (Å²) in [5.74, 6) is 0.792. The Morgan fingerprint density at radius 3 is 2.70 bits per heavy atom. The Hall–Kier alpha value is -2.69. The summed E-state index contributed by atoms with van der Waals surface area (Å²) in [5, 5.41) is 9.97. The average Bonchev–Trinajstić information content (AvgIpc) is 2.95. The normalized spacial score (nSPS) is 10.5. The second-order valence-corrected chi connectivity index (χ2v) is 4.40. The van der Waals surface area contributed by atoms with E-state index in [-0.39, 0.29) is 5.82 Å². The molecule has 0 aliphatic carbocycles. The van der Waals surface area contributed by atoms with Gasteiger partial charge in [-0.05, 0) is 41.8 Å². The van der Waals surface area contributed by atoms with Gasteiger partial charge in [-0.1, -0.05) is 24.3 Å². The molecule has 3 rings (SSSR count). The van der Waals surface area contributed by atoms with Gasteiger partial charge in [0.2, 0.25) is 0 Å². The van der Waals surface area contributed by atoms with E-state index in [1.807, 2.05) is 30.3 Å². The molecule has 0 unspecified atom stereocenters. The quantitative estimate of drug-likeness (QED) is 0.788. The van der Waals surface area contributed by atoms with Crippen LogP contribution in [0.2, 0.25) is 0 Å². The molecule has 0 fully saturated rings. The third-order valence-electron chi connectivity index (χ3n) is 2.95. The second-order valence-electron chi connectivity index (χ2n) is 4.40. The second kappa shape index (κ2) is 5.13. The highest BCUT2D eigenvalue weighted by Gasteiger charge is 2.05. The van der Waals surface area contributed by atoms with E-state index in [2.05, 4.69) is 15.4 Å². The molecule has 0 aliphatic heterocycles. The molecule has 1 aromatic heterocycles. The standard InChI is InChI=1S/C15H12FN3O/c1-10-5-6-12(8-14(10)16)11-3-2-4-13(7-11)20-15-9-17-19-18-15/h2-9H,1H3,(H,17,18,19). The average molecular weight is 269 g/mol. The van der Waals surface area contributed by atoms with E-state index in [4.69, 9.17) is 4.74 Å². The summed E-state index contributed by atoms with van der Waals surface area (Å²) < 4.78 is 19.2. The van der Waals surface area contributed by atoms with Crippen LogP contribution in [-0.4, -0.2) is 15.4 Å². The van der Waals surface area contributed by atoms with Crippen molar-refractivity contribution in [1.82, 2.24) is 15.4 Å². The molecule has 5 heteroatoms. The Morgan fingerprint density at radius 2 is 1.95 bits per heavy atom. The Morgan fingerprint density at radius 1 is 1.10 bits per heavy atom. The van der Waals surface area contributed by atoms with E-state index in [9.17, 15) is 4.39 Å². The van der Waals surface area contributed by atoms with Crippen LogP contribution in [0, 0.1) is 12.7 Å². The van der Waals surface area contributed by atoms with Crippen LogP contribution in [0.1, 0.15) is 5.56 Å². The fourth-order valence-electron chi connectivity index (χ4n) is 1.87. The van der Waals surface area contributed by atoms with E-state index in [1.165, 1.54) is 12.3 Å². The molecule has 0 aliphatic rings. The molecule has 1 heterocycles. The lowest BCUT2D eigenvalue weighted by atomic mass is 10.0. The lowest BCUT2D eigenvalue weighted by Gasteiger charge is -2.06. The monoisotopic (exact) mass is 269 g/mol. The van der Waals surface area contributed by atoms with Gasteiger partial charge in [0.1, 0.15) is 17.8 Å². The number of aromatic nitrogens is 3. The number of aromatic amines is 1. The molecule has 0 saturated carbocycles. The number of hydrogen-bond donors (Lipinski definition) is 1. The van der Waals surface area contributed by atoms with Gasteiger partial charge in [-0.25, -0.2) is 4.39 Å². The topological polar surface area (TPSA) is 50.8 Å². The van der Waals surface area contributed by atoms with Crippen molar-refractivity contribution in [2.24, 2.45) is 0 Å². The van der Waals surface area contributed by atoms with Crippen LogP contribution in [0.4, 0.5) is 4.39 Å². The van der Waals surface area contributed by atoms with Gasteiger partial charge in [0.15, 0.2) is 0 Å². The Balaban J connectivity index is 1.92. The minimum absolute atomic E-state index is 0.217. The van der Waals surface area contributed by atoms with E-state index >= 15 is 0 Å². The van der Waals surface area contributed by atoms with E-state index in [0.717, 1.165) is 11.1 Å². The van der Waals surface area contributed by atoms with Crippen molar-refractivity contribution in [3.63, 3.8) is 0 Å². The zero-order valence-corrected chi connectivity index (χ0v) is 10.8. The first-order chi connectivity index (χ1) is 9.72. The van der Waals surface area contributed by atoms with E-state index in [1.54, 1.807) is 13.0 Å². The third kappa shape index (κ3) is 2.51. The maximum absolute atomic E-state index is 13.6. The number of H-pyrrole nitrogens is 1. The minimum atomic E-state index is -0.217. The van der Waals surface area contributed by atoms with Crippen molar-refractivity contribution >= 4 is 0 Å². The molecule has 1 N–H and O–H groups in total. The maximum Gasteiger partial charge on any atom is 0.258 e. The van der Waals surface area contributed by atoms with Crippen LogP contribution < -0.4 is 4.74 Å². The molecule has 20 heavy (non-hydrogen) atoms. The number of nitrogens with one attached hydrogen (secondary N) is 1. The first-order valence-electron chi connectivity index (χ1n) is 6.12. The van der Waals surface area contributed by atoms with Crippen molar-refractivity contribution in [2.45, 2.75) is 6.92 Å². The van der Waals surface area contributed by atoms with Crippen molar-refractivity contribution in [3.05, 3.63) is 60.0 Å². The van der Waals surface area contributed by atoms with Gasteiger partial charge in [0.25, 0.3) is 5.88 Å². The summed E-state index contributed by atoms with van der Waals surface area (Å²) in [5.41, 5.74) is 2.31. The zero-order valence-electron chi connectivity index (χ0n) is 10.8. The van der Waals surface area contributed by atoms with Crippen molar-refractivity contribution in [3.8, 4) is 22.8 Å². The van der Waals surface area contributed by atoms with Gasteiger partial charge in [0.05, 0.1) is 0 Å². The van der Waals surface area contributed by atoms with Crippen molar-refractivity contribution < 1.29 is 9.13 Å². The SMILES string of the molecule is Cc1ccc(-c2cccc(Oc3cn[nH]n3)c2)cc1F. The first-order valence-corrected chi connectivity index (χ1v) is 6.12. The fourth-order valence-corrected chi connectivity index (χ4v) is 1.87. The summed E-state index contributed by atoms with van der Waals surface area (Å²) in [7, 11) is 0.